The summed E-state index contributed by atoms with van der Waals surface area (Å²) in [5.41, 5.74) is 6.77. The van der Waals surface area contributed by atoms with Gasteiger partial charge in [-0.05, 0) is 62.1 Å². The van der Waals surface area contributed by atoms with Crippen LogP contribution in [-0.4, -0.2) is 70.4 Å². The lowest BCUT2D eigenvalue weighted by atomic mass is 9.80. The minimum atomic E-state index is -0.314. The van der Waals surface area contributed by atoms with E-state index in [-0.39, 0.29) is 36.1 Å². The van der Waals surface area contributed by atoms with Crippen LogP contribution in [0, 0.1) is 12.8 Å². The van der Waals surface area contributed by atoms with Gasteiger partial charge in [-0.15, -0.1) is 0 Å². The molecule has 2 aromatic rings. The summed E-state index contributed by atoms with van der Waals surface area (Å²) in [4.78, 5) is 35.6. The molecule has 1 N–H and O–H groups in total. The van der Waals surface area contributed by atoms with E-state index in [1.807, 2.05) is 34.1 Å². The van der Waals surface area contributed by atoms with E-state index in [2.05, 4.69) is 53.3 Å². The van der Waals surface area contributed by atoms with Crippen LogP contribution in [0.1, 0.15) is 56.6 Å². The zero-order chi connectivity index (χ0) is 27.8. The maximum Gasteiger partial charge on any atom is 0.231 e. The summed E-state index contributed by atoms with van der Waals surface area (Å²) >= 11 is 6.09. The first-order valence-electron chi connectivity index (χ1n) is 14.7. The quantitative estimate of drug-likeness (QED) is 0.558. The first kappa shape index (κ1) is 26.9. The van der Waals surface area contributed by atoms with Gasteiger partial charge in [0.1, 0.15) is 5.84 Å². The van der Waals surface area contributed by atoms with Crippen molar-refractivity contribution in [1.29, 1.82) is 0 Å². The number of carbonyl (C=O) groups excluding carboxylic acids is 2. The molecule has 0 radical (unpaired) electrons. The van der Waals surface area contributed by atoms with Crippen LogP contribution in [-0.2, 0) is 16.1 Å². The molecule has 8 nitrogen and oxygen atoms in total. The highest BCUT2D eigenvalue weighted by atomic mass is 35.5. The Labute approximate surface area is 241 Å². The predicted molar refractivity (Wildman–Crippen MR) is 158 cm³/mol. The first-order valence-corrected chi connectivity index (χ1v) is 15.0. The molecule has 4 unspecified atom stereocenters. The molecule has 40 heavy (non-hydrogen) atoms. The number of halogens is 1. The fraction of sp³-hybridized carbons (Fsp3) is 0.516. The molecule has 212 valence electrons. The van der Waals surface area contributed by atoms with Gasteiger partial charge in [0.2, 0.25) is 11.8 Å². The van der Waals surface area contributed by atoms with E-state index in [0.29, 0.717) is 24.4 Å². The summed E-state index contributed by atoms with van der Waals surface area (Å²) in [7, 11) is 0. The number of rotatable bonds is 6. The molecule has 6 rings (SSSR count). The number of nitrogens with one attached hydrogen (secondary N) is 1. The second kappa shape index (κ2) is 11.3. The summed E-state index contributed by atoms with van der Waals surface area (Å²) < 4.78 is 0. The van der Waals surface area contributed by atoms with E-state index in [9.17, 15) is 9.59 Å². The molecular weight excluding hydrogens is 524 g/mol. The third-order valence-electron chi connectivity index (χ3n) is 9.00. The average Bonchev–Trinajstić information content (AvgIpc) is 3.39. The van der Waals surface area contributed by atoms with Crippen LogP contribution >= 0.6 is 11.6 Å². The Morgan fingerprint density at radius 3 is 2.67 bits per heavy atom. The minimum absolute atomic E-state index is 0.0337. The number of carbonyl (C=O) groups is 2. The van der Waals surface area contributed by atoms with Crippen molar-refractivity contribution in [3.63, 3.8) is 0 Å². The molecule has 2 saturated heterocycles. The third-order valence-corrected chi connectivity index (χ3v) is 9.25. The van der Waals surface area contributed by atoms with Crippen LogP contribution in [0.2, 0.25) is 5.02 Å². The lowest BCUT2D eigenvalue weighted by Gasteiger charge is -2.50. The van der Waals surface area contributed by atoms with E-state index in [0.717, 1.165) is 56.7 Å². The predicted octanol–water partition coefficient (Wildman–Crippen LogP) is 4.57. The minimum Gasteiger partial charge on any atom is -0.365 e. The highest BCUT2D eigenvalue weighted by molar-refractivity contribution is 6.30. The highest BCUT2D eigenvalue weighted by Crippen LogP contribution is 2.38. The molecule has 0 bridgehead atoms. The van der Waals surface area contributed by atoms with E-state index in [1.165, 1.54) is 11.3 Å². The fourth-order valence-electron chi connectivity index (χ4n) is 6.94. The third kappa shape index (κ3) is 5.26. The van der Waals surface area contributed by atoms with Gasteiger partial charge >= 0.3 is 0 Å². The number of benzene rings is 2. The Balaban J connectivity index is 1.11. The smallest absolute Gasteiger partial charge is 0.231 e. The van der Waals surface area contributed by atoms with Crippen LogP contribution in [0.3, 0.4) is 0 Å². The molecular formula is C31H39ClN6O2. The number of amidine groups is 1. The fourth-order valence-corrected chi connectivity index (χ4v) is 7.06. The number of nitrogens with zero attached hydrogens (tertiary/aromatic N) is 5. The van der Waals surface area contributed by atoms with Gasteiger partial charge in [-0.3, -0.25) is 19.9 Å². The zero-order valence-electron chi connectivity index (χ0n) is 23.4. The van der Waals surface area contributed by atoms with Crippen LogP contribution in [0.15, 0.2) is 53.6 Å². The second-order valence-corrected chi connectivity index (χ2v) is 12.1. The molecule has 2 amide bonds. The van der Waals surface area contributed by atoms with Gasteiger partial charge in [-0.25, -0.2) is 0 Å². The average molecular weight is 563 g/mol. The van der Waals surface area contributed by atoms with Gasteiger partial charge in [0, 0.05) is 61.8 Å². The summed E-state index contributed by atoms with van der Waals surface area (Å²) in [6.45, 7) is 7.08. The normalized spacial score (nSPS) is 26.3. The molecule has 3 heterocycles. The Morgan fingerprint density at radius 2 is 1.90 bits per heavy atom. The lowest BCUT2D eigenvalue weighted by molar-refractivity contribution is -0.156. The van der Waals surface area contributed by atoms with Gasteiger partial charge < -0.3 is 14.7 Å². The van der Waals surface area contributed by atoms with E-state index in [1.54, 1.807) is 0 Å². The number of hydrazone groups is 1. The molecule has 3 fully saturated rings. The van der Waals surface area contributed by atoms with Gasteiger partial charge in [-0.1, -0.05) is 48.7 Å². The highest BCUT2D eigenvalue weighted by Gasteiger charge is 2.50. The van der Waals surface area contributed by atoms with Crippen LogP contribution < -0.4 is 10.3 Å². The summed E-state index contributed by atoms with van der Waals surface area (Å²) in [6.07, 6.45) is 4.75. The largest absolute Gasteiger partial charge is 0.365 e. The summed E-state index contributed by atoms with van der Waals surface area (Å²) in [5.74, 6) is 1.23. The van der Waals surface area contributed by atoms with Gasteiger partial charge in [0.05, 0.1) is 5.92 Å². The maximum atomic E-state index is 13.6. The number of hydrogen-bond donors (Lipinski definition) is 1. The molecule has 0 aromatic heterocycles. The SMILES string of the molecule is Cc1cccc(N2CCN(C(=O)CCC3=NNC4N(Cc5ccc(Cl)cc5)C(=O)C5CCCCC5N34)CC2C)c1. The summed E-state index contributed by atoms with van der Waals surface area (Å²) in [5, 5.41) is 5.39. The Bertz CT molecular complexity index is 1280. The van der Waals surface area contributed by atoms with E-state index < -0.39 is 0 Å². The van der Waals surface area contributed by atoms with Crippen molar-refractivity contribution < 1.29 is 9.59 Å². The number of amides is 2. The lowest BCUT2D eigenvalue weighted by Crippen LogP contribution is -2.67. The second-order valence-electron chi connectivity index (χ2n) is 11.7. The van der Waals surface area contributed by atoms with Crippen molar-refractivity contribution in [2.75, 3.05) is 24.5 Å². The standard InChI is InChI=1S/C31H39ClN6O2/c1-21-6-5-7-25(18-21)36-17-16-35(19-22(36)2)29(39)15-14-28-33-34-31-37(20-23-10-12-24(32)13-11-23)30(40)26-8-3-4-9-27(26)38(28)31/h5-7,10-13,18,22,26-27,31,34H,3-4,8-9,14-17,19-20H2,1-2H3. The number of aryl methyl sites for hydroxylation is 1. The number of anilines is 1. The number of hydrogen-bond acceptors (Lipinski definition) is 6. The molecule has 4 atom stereocenters. The van der Waals surface area contributed by atoms with Crippen molar-refractivity contribution in [3.05, 3.63) is 64.7 Å². The Morgan fingerprint density at radius 1 is 1.10 bits per heavy atom. The molecule has 2 aromatic carbocycles. The first-order chi connectivity index (χ1) is 19.4. The van der Waals surface area contributed by atoms with Crippen molar-refractivity contribution in [3.8, 4) is 0 Å². The van der Waals surface area contributed by atoms with Crippen molar-refractivity contribution in [2.45, 2.75) is 77.3 Å². The van der Waals surface area contributed by atoms with Crippen molar-refractivity contribution >= 4 is 34.9 Å². The molecule has 1 aliphatic carbocycles. The van der Waals surface area contributed by atoms with Crippen LogP contribution in [0.4, 0.5) is 5.69 Å². The molecule has 1 saturated carbocycles. The molecule has 9 heteroatoms. The van der Waals surface area contributed by atoms with E-state index >= 15 is 0 Å². The van der Waals surface area contributed by atoms with Crippen LogP contribution in [0.25, 0.3) is 0 Å². The zero-order valence-corrected chi connectivity index (χ0v) is 24.2. The Hall–Kier alpha value is -3.26. The molecule has 3 aliphatic heterocycles. The van der Waals surface area contributed by atoms with Gasteiger partial charge in [-0.2, -0.15) is 5.10 Å². The topological polar surface area (TPSA) is 71.5 Å². The number of fused-ring (bicyclic) bond motifs is 3. The van der Waals surface area contributed by atoms with Crippen molar-refractivity contribution in [1.82, 2.24) is 20.1 Å². The maximum absolute atomic E-state index is 13.6. The van der Waals surface area contributed by atoms with Gasteiger partial charge in [0.25, 0.3) is 0 Å². The van der Waals surface area contributed by atoms with Crippen molar-refractivity contribution in [2.24, 2.45) is 11.0 Å². The van der Waals surface area contributed by atoms with Gasteiger partial charge in [0.15, 0.2) is 6.29 Å². The van der Waals surface area contributed by atoms with E-state index in [4.69, 9.17) is 16.7 Å². The summed E-state index contributed by atoms with van der Waals surface area (Å²) in [6, 6.07) is 16.6. The van der Waals surface area contributed by atoms with Crippen LogP contribution in [0.5, 0.6) is 0 Å². The Kier molecular flexibility index (Phi) is 7.62. The molecule has 4 aliphatic rings. The molecule has 0 spiro atoms. The monoisotopic (exact) mass is 562 g/mol. The number of piperazine rings is 1.